The molecule has 6 nitrogen and oxygen atoms in total. The van der Waals surface area contributed by atoms with Crippen LogP contribution in [0.5, 0.6) is 11.5 Å². The minimum atomic E-state index is -0.0318. The van der Waals surface area contributed by atoms with Gasteiger partial charge in [0, 0.05) is 13.1 Å². The Kier molecular flexibility index (Phi) is 9.00. The number of rotatable bonds is 10. The Bertz CT molecular complexity index is 705. The zero-order valence-electron chi connectivity index (χ0n) is 16.1. The van der Waals surface area contributed by atoms with Gasteiger partial charge in [0.25, 0.3) is 0 Å². The number of aliphatic hydroxyl groups is 1. The van der Waals surface area contributed by atoms with Gasteiger partial charge in [-0.05, 0) is 36.6 Å². The summed E-state index contributed by atoms with van der Waals surface area (Å²) in [7, 11) is 1.60. The Hall–Kier alpha value is -2.73. The van der Waals surface area contributed by atoms with E-state index < -0.39 is 0 Å². The van der Waals surface area contributed by atoms with Crippen molar-refractivity contribution in [1.82, 2.24) is 10.6 Å². The number of nitrogens with zero attached hydrogens (tertiary/aromatic N) is 1. The summed E-state index contributed by atoms with van der Waals surface area (Å²) in [5, 5.41) is 15.5. The molecule has 146 valence electrons. The SMILES string of the molecule is CCNC(=NCc1ccc(OCCO)c(OC)c1)NCCc1ccccc1. The zero-order chi connectivity index (χ0) is 19.3. The van der Waals surface area contributed by atoms with Gasteiger partial charge < -0.3 is 25.2 Å². The van der Waals surface area contributed by atoms with Gasteiger partial charge in [-0.25, -0.2) is 4.99 Å². The molecule has 0 aliphatic rings. The fraction of sp³-hybridized carbons (Fsp3) is 0.381. The largest absolute Gasteiger partial charge is 0.493 e. The van der Waals surface area contributed by atoms with Crippen molar-refractivity contribution in [1.29, 1.82) is 0 Å². The van der Waals surface area contributed by atoms with Gasteiger partial charge in [-0.2, -0.15) is 0 Å². The number of nitrogens with one attached hydrogen (secondary N) is 2. The monoisotopic (exact) mass is 371 g/mol. The Balaban J connectivity index is 1.94. The normalized spacial score (nSPS) is 11.1. The summed E-state index contributed by atoms with van der Waals surface area (Å²) in [5.41, 5.74) is 2.31. The zero-order valence-corrected chi connectivity index (χ0v) is 16.1. The van der Waals surface area contributed by atoms with Gasteiger partial charge in [0.2, 0.25) is 0 Å². The lowest BCUT2D eigenvalue weighted by Crippen LogP contribution is -2.38. The molecule has 6 heteroatoms. The van der Waals surface area contributed by atoms with Crippen LogP contribution in [0.4, 0.5) is 0 Å². The number of aliphatic imine (C=N–C) groups is 1. The Labute approximate surface area is 161 Å². The maximum atomic E-state index is 8.89. The van der Waals surface area contributed by atoms with Crippen LogP contribution in [-0.2, 0) is 13.0 Å². The lowest BCUT2D eigenvalue weighted by molar-refractivity contribution is 0.196. The highest BCUT2D eigenvalue weighted by Crippen LogP contribution is 2.28. The van der Waals surface area contributed by atoms with E-state index in [4.69, 9.17) is 14.6 Å². The predicted molar refractivity (Wildman–Crippen MR) is 109 cm³/mol. The summed E-state index contributed by atoms with van der Waals surface area (Å²) in [6.07, 6.45) is 0.940. The molecular formula is C21H29N3O3. The van der Waals surface area contributed by atoms with Gasteiger partial charge in [-0.15, -0.1) is 0 Å². The highest BCUT2D eigenvalue weighted by molar-refractivity contribution is 5.79. The van der Waals surface area contributed by atoms with E-state index in [1.54, 1.807) is 7.11 Å². The molecule has 0 amide bonds. The molecular weight excluding hydrogens is 342 g/mol. The standard InChI is InChI=1S/C21H29N3O3/c1-3-22-21(23-12-11-17-7-5-4-6-8-17)24-16-18-9-10-19(27-14-13-25)20(15-18)26-2/h4-10,15,25H,3,11-14,16H2,1-2H3,(H2,22,23,24). The van der Waals surface area contributed by atoms with Crippen molar-refractivity contribution in [3.05, 3.63) is 59.7 Å². The van der Waals surface area contributed by atoms with E-state index in [1.165, 1.54) is 5.56 Å². The Morgan fingerprint density at radius 3 is 2.56 bits per heavy atom. The van der Waals surface area contributed by atoms with Crippen molar-refractivity contribution in [3.63, 3.8) is 0 Å². The Morgan fingerprint density at radius 1 is 1.04 bits per heavy atom. The van der Waals surface area contributed by atoms with Crippen molar-refractivity contribution < 1.29 is 14.6 Å². The molecule has 0 saturated carbocycles. The van der Waals surface area contributed by atoms with E-state index in [9.17, 15) is 0 Å². The van der Waals surface area contributed by atoms with E-state index in [2.05, 4.69) is 39.9 Å². The molecule has 27 heavy (non-hydrogen) atoms. The molecule has 0 bridgehead atoms. The van der Waals surface area contributed by atoms with Crippen molar-refractivity contribution in [3.8, 4) is 11.5 Å². The first-order chi connectivity index (χ1) is 13.3. The minimum Gasteiger partial charge on any atom is -0.493 e. The summed E-state index contributed by atoms with van der Waals surface area (Å²) >= 11 is 0. The van der Waals surface area contributed by atoms with Crippen LogP contribution in [0, 0.1) is 0 Å². The van der Waals surface area contributed by atoms with Gasteiger partial charge >= 0.3 is 0 Å². The lowest BCUT2D eigenvalue weighted by atomic mass is 10.1. The molecule has 2 rings (SSSR count). The second kappa shape index (κ2) is 11.8. The average molecular weight is 371 g/mol. The maximum Gasteiger partial charge on any atom is 0.191 e. The van der Waals surface area contributed by atoms with Crippen LogP contribution in [0.3, 0.4) is 0 Å². The molecule has 0 atom stereocenters. The number of guanidine groups is 1. The predicted octanol–water partition coefficient (Wildman–Crippen LogP) is 2.36. The molecule has 3 N–H and O–H groups in total. The second-order valence-corrected chi connectivity index (χ2v) is 5.91. The fourth-order valence-corrected chi connectivity index (χ4v) is 2.57. The second-order valence-electron chi connectivity index (χ2n) is 5.91. The molecule has 2 aromatic rings. The van der Waals surface area contributed by atoms with Crippen LogP contribution in [-0.4, -0.2) is 44.5 Å². The summed E-state index contributed by atoms with van der Waals surface area (Å²) in [6.45, 7) is 4.39. The van der Waals surface area contributed by atoms with E-state index in [-0.39, 0.29) is 13.2 Å². The molecule has 0 spiro atoms. The first kappa shape index (κ1) is 20.6. The summed E-state index contributed by atoms with van der Waals surface area (Å²) < 4.78 is 10.8. The molecule has 0 saturated heterocycles. The molecule has 0 aliphatic heterocycles. The molecule has 0 radical (unpaired) electrons. The lowest BCUT2D eigenvalue weighted by Gasteiger charge is -2.13. The van der Waals surface area contributed by atoms with Crippen molar-refractivity contribution in [2.45, 2.75) is 19.9 Å². The number of hydrogen-bond donors (Lipinski definition) is 3. The van der Waals surface area contributed by atoms with Crippen LogP contribution >= 0.6 is 0 Å². The number of aliphatic hydroxyl groups excluding tert-OH is 1. The Morgan fingerprint density at radius 2 is 1.85 bits per heavy atom. The van der Waals surface area contributed by atoms with Crippen molar-refractivity contribution in [2.24, 2.45) is 4.99 Å². The molecule has 0 aromatic heterocycles. The molecule has 0 fully saturated rings. The van der Waals surface area contributed by atoms with Gasteiger partial charge in [0.05, 0.1) is 20.3 Å². The highest BCUT2D eigenvalue weighted by atomic mass is 16.5. The van der Waals surface area contributed by atoms with E-state index >= 15 is 0 Å². The van der Waals surface area contributed by atoms with Crippen LogP contribution in [0.15, 0.2) is 53.5 Å². The van der Waals surface area contributed by atoms with Crippen LogP contribution in [0.1, 0.15) is 18.1 Å². The van der Waals surface area contributed by atoms with Gasteiger partial charge in [-0.3, -0.25) is 0 Å². The quantitative estimate of drug-likeness (QED) is 0.442. The van der Waals surface area contributed by atoms with E-state index in [1.807, 2.05) is 31.2 Å². The first-order valence-corrected chi connectivity index (χ1v) is 9.23. The van der Waals surface area contributed by atoms with Crippen molar-refractivity contribution in [2.75, 3.05) is 33.4 Å². The van der Waals surface area contributed by atoms with E-state index in [0.717, 1.165) is 31.0 Å². The summed E-state index contributed by atoms with van der Waals surface area (Å²) in [5.74, 6) is 2.04. The van der Waals surface area contributed by atoms with Crippen LogP contribution in [0.25, 0.3) is 0 Å². The average Bonchev–Trinajstić information content (AvgIpc) is 2.71. The van der Waals surface area contributed by atoms with Gasteiger partial charge in [-0.1, -0.05) is 36.4 Å². The van der Waals surface area contributed by atoms with Gasteiger partial charge in [0.15, 0.2) is 17.5 Å². The first-order valence-electron chi connectivity index (χ1n) is 9.23. The number of benzene rings is 2. The number of ether oxygens (including phenoxy) is 2. The summed E-state index contributed by atoms with van der Waals surface area (Å²) in [4.78, 5) is 4.64. The van der Waals surface area contributed by atoms with Crippen molar-refractivity contribution >= 4 is 5.96 Å². The number of hydrogen-bond acceptors (Lipinski definition) is 4. The third kappa shape index (κ3) is 7.19. The van der Waals surface area contributed by atoms with E-state index in [0.29, 0.717) is 18.0 Å². The molecule has 0 unspecified atom stereocenters. The minimum absolute atomic E-state index is 0.0318. The topological polar surface area (TPSA) is 75.1 Å². The number of methoxy groups -OCH3 is 1. The smallest absolute Gasteiger partial charge is 0.191 e. The van der Waals surface area contributed by atoms with Crippen LogP contribution in [0.2, 0.25) is 0 Å². The fourth-order valence-electron chi connectivity index (χ4n) is 2.57. The molecule has 0 heterocycles. The third-order valence-electron chi connectivity index (χ3n) is 3.89. The highest BCUT2D eigenvalue weighted by Gasteiger charge is 2.06. The summed E-state index contributed by atoms with van der Waals surface area (Å²) in [6, 6.07) is 16.1. The van der Waals surface area contributed by atoms with Crippen LogP contribution < -0.4 is 20.1 Å². The van der Waals surface area contributed by atoms with Gasteiger partial charge in [0.1, 0.15) is 6.61 Å². The third-order valence-corrected chi connectivity index (χ3v) is 3.89. The maximum absolute atomic E-state index is 8.89. The molecule has 2 aromatic carbocycles. The molecule has 0 aliphatic carbocycles.